The summed E-state index contributed by atoms with van der Waals surface area (Å²) in [6.07, 6.45) is 1.68. The quantitative estimate of drug-likeness (QED) is 0.465. The molecule has 2 rings (SSSR count). The van der Waals surface area contributed by atoms with Crippen molar-refractivity contribution >= 4 is 22.8 Å². The fourth-order valence-corrected chi connectivity index (χ4v) is 4.64. The molecule has 0 amide bonds. The van der Waals surface area contributed by atoms with E-state index in [2.05, 4.69) is 11.1 Å². The molecule has 2 heterocycles. The van der Waals surface area contributed by atoms with Crippen LogP contribution in [0.3, 0.4) is 0 Å². The van der Waals surface area contributed by atoms with Crippen molar-refractivity contribution in [3.63, 3.8) is 0 Å². The fourth-order valence-electron chi connectivity index (χ4n) is 1.30. The van der Waals surface area contributed by atoms with E-state index in [4.69, 9.17) is 4.74 Å². The molecule has 0 aromatic rings. The number of hydrogen-bond donors (Lipinski definition) is 0. The van der Waals surface area contributed by atoms with Gasteiger partial charge in [0.25, 0.3) is 0 Å². The average Bonchev–Trinajstić information content (AvgIpc) is 2.33. The first kappa shape index (κ1) is 7.91. The van der Waals surface area contributed by atoms with Gasteiger partial charge in [-0.05, 0) is 23.5 Å². The number of carbonyl (C=O) groups is 1. The van der Waals surface area contributed by atoms with Crippen LogP contribution in [-0.4, -0.2) is 29.2 Å². The molecule has 2 fully saturated rings. The van der Waals surface area contributed by atoms with Crippen LogP contribution in [0, 0.1) is 0 Å². The monoisotopic (exact) mass is 191 g/mol. The van der Waals surface area contributed by atoms with E-state index in [1.54, 1.807) is 0 Å². The molecule has 0 aliphatic carbocycles. The largest absolute Gasteiger partial charge is 0.446 e. The minimum absolute atomic E-state index is 0.0184. The molecule has 2 saturated heterocycles. The summed E-state index contributed by atoms with van der Waals surface area (Å²) in [6, 6.07) is 0. The Labute approximate surface area is 69.1 Å². The molecule has 0 radical (unpaired) electrons. The smallest absolute Gasteiger partial charge is 0.307 e. The molecule has 0 aromatic heterocycles. The molecular formula is C6H11NO2P2. The number of hydrogen-bond acceptors (Lipinski definition) is 3. The number of nitrogens with zero attached hydrogens (tertiary/aromatic N) is 1. The number of carbonyl (C=O) groups excluding carboxylic acids is 1. The van der Waals surface area contributed by atoms with Crippen molar-refractivity contribution in [2.45, 2.75) is 19.1 Å². The van der Waals surface area contributed by atoms with E-state index in [0.717, 1.165) is 15.2 Å². The van der Waals surface area contributed by atoms with Crippen molar-refractivity contribution in [1.29, 1.82) is 0 Å². The van der Waals surface area contributed by atoms with E-state index in [9.17, 15) is 4.79 Å². The van der Waals surface area contributed by atoms with Gasteiger partial charge in [0, 0.05) is 12.3 Å². The van der Waals surface area contributed by atoms with Crippen molar-refractivity contribution in [2.75, 3.05) is 12.6 Å². The second-order valence-electron chi connectivity index (χ2n) is 2.80. The highest BCUT2D eigenvalue weighted by molar-refractivity contribution is 7.78. The third kappa shape index (κ3) is 1.42. The predicted octanol–water partition coefficient (Wildman–Crippen LogP) is 1.54. The third-order valence-corrected chi connectivity index (χ3v) is 7.42. The van der Waals surface area contributed by atoms with Gasteiger partial charge in [-0.1, -0.05) is 0 Å². The van der Waals surface area contributed by atoms with Crippen molar-refractivity contribution in [2.24, 2.45) is 0 Å². The van der Waals surface area contributed by atoms with Crippen LogP contribution in [0.5, 0.6) is 0 Å². The van der Waals surface area contributed by atoms with E-state index in [1.165, 1.54) is 5.90 Å². The predicted molar refractivity (Wildman–Crippen MR) is 47.0 cm³/mol. The lowest BCUT2D eigenvalue weighted by Gasteiger charge is -2.41. The van der Waals surface area contributed by atoms with E-state index >= 15 is 0 Å². The second kappa shape index (κ2) is 2.97. The topological polar surface area (TPSA) is 29.5 Å². The Kier molecular flexibility index (Phi) is 2.14. The maximum Gasteiger partial charge on any atom is 0.307 e. The number of cyclic esters (lactones) is 1. The second-order valence-corrected chi connectivity index (χ2v) is 6.99. The van der Waals surface area contributed by atoms with Crippen molar-refractivity contribution in [3.8, 4) is 0 Å². The standard InChI is InChI=1S/C6H11NO2P2/c1-11-4-10-7(11)5-2-3-6(8)9-5/h5,10H,2-4H2,1H3/t5-,11?/m1/s1. The molecule has 11 heavy (non-hydrogen) atoms. The lowest BCUT2D eigenvalue weighted by molar-refractivity contribution is -0.143. The van der Waals surface area contributed by atoms with Gasteiger partial charge in [-0.3, -0.25) is 4.79 Å². The summed E-state index contributed by atoms with van der Waals surface area (Å²) >= 11 is 0. The van der Waals surface area contributed by atoms with Crippen LogP contribution in [0.25, 0.3) is 0 Å². The molecule has 2 aliphatic rings. The van der Waals surface area contributed by atoms with Gasteiger partial charge < -0.3 is 4.74 Å². The molecule has 0 N–H and O–H groups in total. The van der Waals surface area contributed by atoms with E-state index in [-0.39, 0.29) is 20.3 Å². The van der Waals surface area contributed by atoms with Gasteiger partial charge in [0.1, 0.15) is 0 Å². The van der Waals surface area contributed by atoms with Crippen LogP contribution >= 0.6 is 16.8 Å². The summed E-state index contributed by atoms with van der Waals surface area (Å²) in [7, 11) is 0.958. The summed E-state index contributed by atoms with van der Waals surface area (Å²) in [5.41, 5.74) is 0. The molecule has 2 unspecified atom stereocenters. The molecule has 0 saturated carbocycles. The zero-order chi connectivity index (χ0) is 7.84. The molecule has 62 valence electrons. The van der Waals surface area contributed by atoms with Crippen LogP contribution in [-0.2, 0) is 9.53 Å². The summed E-state index contributed by atoms with van der Waals surface area (Å²) in [5.74, 6) is 1.32. The Morgan fingerprint density at radius 1 is 1.82 bits per heavy atom. The van der Waals surface area contributed by atoms with Gasteiger partial charge in [0.2, 0.25) is 0 Å². The van der Waals surface area contributed by atoms with Crippen molar-refractivity contribution in [3.05, 3.63) is 0 Å². The normalized spacial score (nSPS) is 40.6. The zero-order valence-electron chi connectivity index (χ0n) is 6.41. The molecule has 2 aliphatic heterocycles. The minimum Gasteiger partial charge on any atom is -0.446 e. The molecule has 0 bridgehead atoms. The Morgan fingerprint density at radius 3 is 3.00 bits per heavy atom. The highest BCUT2D eigenvalue weighted by Gasteiger charge is 2.36. The first-order chi connectivity index (χ1) is 5.27. The van der Waals surface area contributed by atoms with Crippen molar-refractivity contribution < 1.29 is 9.53 Å². The average molecular weight is 191 g/mol. The highest BCUT2D eigenvalue weighted by atomic mass is 31.2. The summed E-state index contributed by atoms with van der Waals surface area (Å²) in [5, 5.41) is 0. The van der Waals surface area contributed by atoms with Crippen LogP contribution < -0.4 is 0 Å². The van der Waals surface area contributed by atoms with Gasteiger partial charge in [-0.25, -0.2) is 4.44 Å². The van der Waals surface area contributed by atoms with Gasteiger partial charge in [0.15, 0.2) is 6.23 Å². The van der Waals surface area contributed by atoms with Crippen LogP contribution in [0.15, 0.2) is 0 Å². The van der Waals surface area contributed by atoms with Crippen molar-refractivity contribution in [1.82, 2.24) is 4.44 Å². The fraction of sp³-hybridized carbons (Fsp3) is 0.833. The lowest BCUT2D eigenvalue weighted by atomic mass is 10.3. The SMILES string of the molecule is CP1CPN1[C@H]1CCC(=O)O1. The Hall–Kier alpha value is 0.290. The molecular weight excluding hydrogens is 180 g/mol. The molecule has 3 atom stereocenters. The molecule has 3 nitrogen and oxygen atoms in total. The highest BCUT2D eigenvalue weighted by Crippen LogP contribution is 2.62. The summed E-state index contributed by atoms with van der Waals surface area (Å²) in [4.78, 5) is 10.8. The first-order valence-electron chi connectivity index (χ1n) is 3.70. The van der Waals surface area contributed by atoms with Crippen LogP contribution in [0.4, 0.5) is 0 Å². The van der Waals surface area contributed by atoms with E-state index in [1.807, 2.05) is 0 Å². The zero-order valence-corrected chi connectivity index (χ0v) is 8.30. The van der Waals surface area contributed by atoms with Crippen LogP contribution in [0.1, 0.15) is 12.8 Å². The number of esters is 1. The minimum atomic E-state index is -0.0184. The molecule has 5 heteroatoms. The van der Waals surface area contributed by atoms with Gasteiger partial charge >= 0.3 is 5.97 Å². The lowest BCUT2D eigenvalue weighted by Crippen LogP contribution is -2.29. The van der Waals surface area contributed by atoms with E-state index < -0.39 is 0 Å². The van der Waals surface area contributed by atoms with Gasteiger partial charge in [-0.2, -0.15) is 0 Å². The van der Waals surface area contributed by atoms with Gasteiger partial charge in [-0.15, -0.1) is 0 Å². The summed E-state index contributed by atoms with van der Waals surface area (Å²) < 4.78 is 7.49. The Bertz CT molecular complexity index is 187. The first-order valence-corrected chi connectivity index (χ1v) is 6.79. The maximum atomic E-state index is 10.8. The van der Waals surface area contributed by atoms with Crippen LogP contribution in [0.2, 0.25) is 0 Å². The van der Waals surface area contributed by atoms with Gasteiger partial charge in [0.05, 0.1) is 6.42 Å². The maximum absolute atomic E-state index is 10.8. The van der Waals surface area contributed by atoms with E-state index in [0.29, 0.717) is 6.42 Å². The molecule has 0 spiro atoms. The Morgan fingerprint density at radius 2 is 2.64 bits per heavy atom. The number of ether oxygens (including phenoxy) is 1. The summed E-state index contributed by atoms with van der Waals surface area (Å²) in [6.45, 7) is 2.25. The molecule has 0 aromatic carbocycles. The number of rotatable bonds is 1. The third-order valence-electron chi connectivity index (χ3n) is 1.97. The Balaban J connectivity index is 1.91.